The van der Waals surface area contributed by atoms with Crippen molar-refractivity contribution in [3.8, 4) is 0 Å². The first-order chi connectivity index (χ1) is 9.72. The van der Waals surface area contributed by atoms with Gasteiger partial charge in [-0.2, -0.15) is 0 Å². The molecule has 0 bridgehead atoms. The number of nitrogens with zero attached hydrogens (tertiary/aromatic N) is 1. The third-order valence-corrected chi connectivity index (χ3v) is 3.11. The van der Waals surface area contributed by atoms with Crippen LogP contribution in [0.5, 0.6) is 0 Å². The minimum absolute atomic E-state index is 0.224. The number of nitrogens with one attached hydrogen (secondary N) is 1. The number of hydrogen-bond acceptors (Lipinski definition) is 8. The number of rotatable bonds is 3. The summed E-state index contributed by atoms with van der Waals surface area (Å²) in [4.78, 5) is 35.5. The highest BCUT2D eigenvalue weighted by Crippen LogP contribution is 2.32. The van der Waals surface area contributed by atoms with Crippen LogP contribution in [0.15, 0.2) is 15.8 Å². The Labute approximate surface area is 115 Å². The van der Waals surface area contributed by atoms with Crippen molar-refractivity contribution in [1.82, 2.24) is 9.55 Å². The number of aromatic carboxylic acids is 1. The summed E-state index contributed by atoms with van der Waals surface area (Å²) in [5.41, 5.74) is -3.36. The van der Waals surface area contributed by atoms with Crippen molar-refractivity contribution in [3.63, 3.8) is 0 Å². The molecule has 21 heavy (non-hydrogen) atoms. The van der Waals surface area contributed by atoms with Crippen molar-refractivity contribution < 1.29 is 35.1 Å². The summed E-state index contributed by atoms with van der Waals surface area (Å²) < 4.78 is 5.04. The van der Waals surface area contributed by atoms with Crippen molar-refractivity contribution in [3.05, 3.63) is 32.6 Å². The molecule has 1 saturated heterocycles. The Balaban J connectivity index is 2.61. The van der Waals surface area contributed by atoms with Crippen molar-refractivity contribution in [2.75, 3.05) is 6.61 Å². The van der Waals surface area contributed by atoms with Crippen LogP contribution in [0.3, 0.4) is 0 Å². The average Bonchev–Trinajstić information content (AvgIpc) is 2.63. The molecular weight excluding hydrogens is 292 g/mol. The number of carboxylic acids is 1. The summed E-state index contributed by atoms with van der Waals surface area (Å²) in [7, 11) is 0. The van der Waals surface area contributed by atoms with Gasteiger partial charge in [-0.15, -0.1) is 0 Å². The van der Waals surface area contributed by atoms with Crippen molar-refractivity contribution in [1.29, 1.82) is 0 Å². The molecule has 0 amide bonds. The number of aliphatic hydroxyl groups excluding tert-OH is 3. The summed E-state index contributed by atoms with van der Waals surface area (Å²) in [5.74, 6) is -4.52. The fraction of sp³-hybridized carbons (Fsp3) is 0.500. The quantitative estimate of drug-likeness (QED) is 0.323. The minimum Gasteiger partial charge on any atom is -0.477 e. The molecule has 1 aromatic rings. The zero-order valence-corrected chi connectivity index (χ0v) is 10.3. The van der Waals surface area contributed by atoms with Gasteiger partial charge in [-0.25, -0.2) is 14.2 Å². The maximum absolute atomic E-state index is 11.7. The molecule has 2 heterocycles. The summed E-state index contributed by atoms with van der Waals surface area (Å²) in [6.45, 7) is -0.773. The molecule has 0 unspecified atom stereocenters. The lowest BCUT2D eigenvalue weighted by Gasteiger charge is -2.27. The van der Waals surface area contributed by atoms with Gasteiger partial charge in [0, 0.05) is 6.20 Å². The Morgan fingerprint density at radius 3 is 2.52 bits per heavy atom. The minimum atomic E-state index is -2.84. The first kappa shape index (κ1) is 15.3. The number of carbonyl (C=O) groups is 1. The predicted octanol–water partition coefficient (Wildman–Crippen LogP) is -4.05. The van der Waals surface area contributed by atoms with Gasteiger partial charge < -0.3 is 30.3 Å². The topological polar surface area (TPSA) is 182 Å². The van der Waals surface area contributed by atoms with Gasteiger partial charge in [-0.3, -0.25) is 9.78 Å². The summed E-state index contributed by atoms with van der Waals surface area (Å²) in [6, 6.07) is 0. The molecule has 4 atom stereocenters. The summed E-state index contributed by atoms with van der Waals surface area (Å²) >= 11 is 0. The Bertz CT molecular complexity index is 680. The van der Waals surface area contributed by atoms with Crippen molar-refractivity contribution in [2.24, 2.45) is 0 Å². The molecule has 1 aromatic heterocycles. The smallest absolute Gasteiger partial charge is 0.342 e. The lowest BCUT2D eigenvalue weighted by Crippen LogP contribution is -2.52. The molecule has 116 valence electrons. The molecule has 0 aromatic carbocycles. The average molecular weight is 304 g/mol. The fourth-order valence-electron chi connectivity index (χ4n) is 1.99. The summed E-state index contributed by atoms with van der Waals surface area (Å²) in [5, 5.41) is 47.3. The van der Waals surface area contributed by atoms with Gasteiger partial charge in [-0.1, -0.05) is 0 Å². The van der Waals surface area contributed by atoms with E-state index in [0.717, 1.165) is 0 Å². The number of aromatic amines is 1. The number of H-pyrrole nitrogens is 1. The molecule has 6 N–H and O–H groups in total. The van der Waals surface area contributed by atoms with E-state index in [1.54, 1.807) is 4.98 Å². The zero-order valence-electron chi connectivity index (χ0n) is 10.3. The van der Waals surface area contributed by atoms with E-state index in [-0.39, 0.29) is 4.57 Å². The maximum atomic E-state index is 11.7. The highest BCUT2D eigenvalue weighted by atomic mass is 16.7. The lowest BCUT2D eigenvalue weighted by atomic mass is 10.1. The molecular formula is C10H12N2O9. The van der Waals surface area contributed by atoms with Crippen LogP contribution in [0.25, 0.3) is 0 Å². The van der Waals surface area contributed by atoms with Gasteiger partial charge in [0.15, 0.2) is 6.10 Å². The summed E-state index contributed by atoms with van der Waals surface area (Å²) in [6.07, 6.45) is -4.72. The molecule has 1 fully saturated rings. The van der Waals surface area contributed by atoms with E-state index < -0.39 is 53.6 Å². The Morgan fingerprint density at radius 2 is 2.05 bits per heavy atom. The highest BCUT2D eigenvalue weighted by molar-refractivity contribution is 5.86. The van der Waals surface area contributed by atoms with Gasteiger partial charge in [0.1, 0.15) is 17.8 Å². The van der Waals surface area contributed by atoms with Crippen LogP contribution in [-0.2, 0) is 10.6 Å². The fourth-order valence-corrected chi connectivity index (χ4v) is 1.99. The molecule has 0 saturated carbocycles. The molecule has 0 spiro atoms. The monoisotopic (exact) mass is 304 g/mol. The third-order valence-electron chi connectivity index (χ3n) is 3.11. The highest BCUT2D eigenvalue weighted by Gasteiger charge is 2.55. The van der Waals surface area contributed by atoms with Crippen LogP contribution in [0.1, 0.15) is 10.4 Å². The third kappa shape index (κ3) is 2.26. The molecule has 2 rings (SSSR count). The first-order valence-corrected chi connectivity index (χ1v) is 5.69. The van der Waals surface area contributed by atoms with E-state index in [2.05, 4.69) is 0 Å². The van der Waals surface area contributed by atoms with Crippen LogP contribution >= 0.6 is 0 Å². The second kappa shape index (κ2) is 5.05. The number of aliphatic hydroxyl groups is 4. The van der Waals surface area contributed by atoms with Crippen LogP contribution in [-0.4, -0.2) is 66.0 Å². The predicted molar refractivity (Wildman–Crippen MR) is 62.4 cm³/mol. The van der Waals surface area contributed by atoms with Gasteiger partial charge in [0.05, 0.1) is 6.61 Å². The maximum Gasteiger partial charge on any atom is 0.342 e. The van der Waals surface area contributed by atoms with Crippen molar-refractivity contribution >= 4 is 5.97 Å². The molecule has 11 nitrogen and oxygen atoms in total. The van der Waals surface area contributed by atoms with Crippen LogP contribution in [0.2, 0.25) is 0 Å². The van der Waals surface area contributed by atoms with Gasteiger partial charge in [-0.05, 0) is 0 Å². The Hall–Kier alpha value is -2.05. The molecule has 0 aliphatic carbocycles. The van der Waals surface area contributed by atoms with Gasteiger partial charge in [0.2, 0.25) is 0 Å². The standard InChI is InChI=1S/C10H12N2O9/c13-2-4-5(14)6(15)10(20,21-4)12-1-3(8(17)18)7(16)11-9(12)19/h1,4-6,13-15,20H,2H2,(H,17,18)(H,11,16,19)/t4-,5-,6-,10-/m1/s1. The van der Waals surface area contributed by atoms with E-state index >= 15 is 0 Å². The molecule has 0 radical (unpaired) electrons. The molecule has 11 heteroatoms. The molecule has 1 aliphatic rings. The largest absolute Gasteiger partial charge is 0.477 e. The van der Waals surface area contributed by atoms with E-state index in [9.17, 15) is 29.7 Å². The molecule has 1 aliphatic heterocycles. The number of carboxylic acid groups (broad SMARTS) is 1. The lowest BCUT2D eigenvalue weighted by molar-refractivity contribution is -0.291. The SMILES string of the molecule is O=C(O)c1cn([C@]2(O)O[C@H](CO)[C@@H](O)[C@H]2O)c(=O)[nH]c1=O. The van der Waals surface area contributed by atoms with Crippen molar-refractivity contribution in [2.45, 2.75) is 24.2 Å². The second-order valence-electron chi connectivity index (χ2n) is 4.41. The Kier molecular flexibility index (Phi) is 3.69. The van der Waals surface area contributed by atoms with E-state index in [1.165, 1.54) is 0 Å². The zero-order chi connectivity index (χ0) is 15.9. The van der Waals surface area contributed by atoms with E-state index in [0.29, 0.717) is 6.20 Å². The normalized spacial score (nSPS) is 32.3. The second-order valence-corrected chi connectivity index (χ2v) is 4.41. The van der Waals surface area contributed by atoms with Gasteiger partial charge >= 0.3 is 11.7 Å². The van der Waals surface area contributed by atoms with E-state index in [4.69, 9.17) is 14.9 Å². The Morgan fingerprint density at radius 1 is 1.43 bits per heavy atom. The van der Waals surface area contributed by atoms with E-state index in [1.807, 2.05) is 0 Å². The first-order valence-electron chi connectivity index (χ1n) is 5.69. The number of aromatic nitrogens is 2. The van der Waals surface area contributed by atoms with Gasteiger partial charge in [0.25, 0.3) is 11.5 Å². The van der Waals surface area contributed by atoms with Crippen LogP contribution in [0.4, 0.5) is 0 Å². The van der Waals surface area contributed by atoms with Crippen LogP contribution in [0, 0.1) is 0 Å². The number of hydrogen-bond donors (Lipinski definition) is 6. The number of ether oxygens (including phenoxy) is 1. The van der Waals surface area contributed by atoms with Crippen LogP contribution < -0.4 is 11.2 Å².